The molecule has 0 saturated carbocycles. The van der Waals surface area contributed by atoms with Crippen LogP contribution in [0.15, 0.2) is 6.20 Å². The van der Waals surface area contributed by atoms with Gasteiger partial charge >= 0.3 is 5.97 Å². The molecule has 0 aliphatic carbocycles. The van der Waals surface area contributed by atoms with E-state index in [1.165, 1.54) is 0 Å². The van der Waals surface area contributed by atoms with Crippen LogP contribution in [-0.2, 0) is 17.6 Å². The van der Waals surface area contributed by atoms with Crippen LogP contribution in [0.25, 0.3) is 11.0 Å². The van der Waals surface area contributed by atoms with Gasteiger partial charge in [0.15, 0.2) is 0 Å². The van der Waals surface area contributed by atoms with Crippen LogP contribution in [0.2, 0.25) is 0 Å². The number of hydrogen-bond donors (Lipinski definition) is 2. The fourth-order valence-corrected chi connectivity index (χ4v) is 1.86. The highest BCUT2D eigenvalue weighted by atomic mass is 16.4. The molecule has 0 fully saturated rings. The number of rotatable bonds is 3. The van der Waals surface area contributed by atoms with Crippen molar-refractivity contribution in [1.82, 2.24) is 15.0 Å². The van der Waals surface area contributed by atoms with E-state index in [2.05, 4.69) is 15.0 Å². The first-order valence-corrected chi connectivity index (χ1v) is 5.17. The molecule has 0 aliphatic heterocycles. The molecule has 0 spiro atoms. The van der Waals surface area contributed by atoms with Gasteiger partial charge in [0.2, 0.25) is 0 Å². The summed E-state index contributed by atoms with van der Waals surface area (Å²) in [6, 6.07) is 0. The lowest BCUT2D eigenvalue weighted by Crippen LogP contribution is -2.01. The molecule has 2 heterocycles. The summed E-state index contributed by atoms with van der Waals surface area (Å²) in [4.78, 5) is 22.3. The Hall–Kier alpha value is -1.91. The van der Waals surface area contributed by atoms with Crippen LogP contribution in [0, 0.1) is 6.92 Å². The van der Waals surface area contributed by atoms with E-state index in [0.29, 0.717) is 5.82 Å². The Labute approximate surface area is 92.5 Å². The number of aryl methyl sites for hydroxylation is 2. The molecule has 5 nitrogen and oxygen atoms in total. The molecule has 84 valence electrons. The number of carboxylic acids is 1. The lowest BCUT2D eigenvalue weighted by atomic mass is 10.1. The zero-order valence-electron chi connectivity index (χ0n) is 9.24. The first-order valence-electron chi connectivity index (χ1n) is 5.17. The summed E-state index contributed by atoms with van der Waals surface area (Å²) in [6.07, 6.45) is 2.47. The Bertz CT molecular complexity index is 545. The van der Waals surface area contributed by atoms with Gasteiger partial charge in [0.25, 0.3) is 0 Å². The number of H-pyrrole nitrogens is 1. The van der Waals surface area contributed by atoms with Gasteiger partial charge < -0.3 is 10.1 Å². The van der Waals surface area contributed by atoms with Crippen molar-refractivity contribution in [1.29, 1.82) is 0 Å². The molecule has 0 amide bonds. The number of aromatic nitrogens is 3. The summed E-state index contributed by atoms with van der Waals surface area (Å²) < 4.78 is 0. The minimum atomic E-state index is -0.844. The minimum Gasteiger partial charge on any atom is -0.481 e. The Kier molecular flexibility index (Phi) is 2.60. The van der Waals surface area contributed by atoms with Gasteiger partial charge in [-0.25, -0.2) is 9.97 Å². The third-order valence-electron chi connectivity index (χ3n) is 2.48. The van der Waals surface area contributed by atoms with E-state index in [0.717, 1.165) is 28.7 Å². The SMILES string of the molecule is CCc1nc(C)nc2[nH]cc(CC(=O)O)c12. The summed E-state index contributed by atoms with van der Waals surface area (Å²) in [5.41, 5.74) is 2.37. The van der Waals surface area contributed by atoms with Gasteiger partial charge in [0, 0.05) is 11.6 Å². The number of carboxylic acid groups (broad SMARTS) is 1. The van der Waals surface area contributed by atoms with Crippen LogP contribution in [0.4, 0.5) is 0 Å². The zero-order valence-corrected chi connectivity index (χ0v) is 9.24. The number of aliphatic carboxylic acids is 1. The number of hydrogen-bond acceptors (Lipinski definition) is 3. The topological polar surface area (TPSA) is 78.9 Å². The molecule has 0 aromatic carbocycles. The highest BCUT2D eigenvalue weighted by molar-refractivity contribution is 5.86. The summed E-state index contributed by atoms with van der Waals surface area (Å²) in [6.45, 7) is 3.83. The molecule has 2 aromatic rings. The normalized spacial score (nSPS) is 10.9. The summed E-state index contributed by atoms with van der Waals surface area (Å²) in [5, 5.41) is 9.67. The van der Waals surface area contributed by atoms with Crippen molar-refractivity contribution in [3.63, 3.8) is 0 Å². The second-order valence-corrected chi connectivity index (χ2v) is 3.68. The molecule has 16 heavy (non-hydrogen) atoms. The Morgan fingerprint density at radius 2 is 2.25 bits per heavy atom. The van der Waals surface area contributed by atoms with Gasteiger partial charge in [-0.05, 0) is 18.9 Å². The lowest BCUT2D eigenvalue weighted by Gasteiger charge is -2.02. The highest BCUT2D eigenvalue weighted by Crippen LogP contribution is 2.21. The van der Waals surface area contributed by atoms with E-state index < -0.39 is 5.97 Å². The van der Waals surface area contributed by atoms with Gasteiger partial charge in [0.05, 0.1) is 12.1 Å². The summed E-state index contributed by atoms with van der Waals surface area (Å²) >= 11 is 0. The van der Waals surface area contributed by atoms with Gasteiger partial charge in [0.1, 0.15) is 11.5 Å². The zero-order chi connectivity index (χ0) is 11.7. The maximum absolute atomic E-state index is 10.7. The molecule has 0 saturated heterocycles. The Morgan fingerprint density at radius 1 is 1.50 bits per heavy atom. The molecule has 0 bridgehead atoms. The fraction of sp³-hybridized carbons (Fsp3) is 0.364. The molecule has 0 radical (unpaired) electrons. The molecule has 2 aromatic heterocycles. The van der Waals surface area contributed by atoms with Crippen LogP contribution in [-0.4, -0.2) is 26.0 Å². The van der Waals surface area contributed by atoms with Crippen molar-refractivity contribution in [2.45, 2.75) is 26.7 Å². The molecule has 2 N–H and O–H groups in total. The van der Waals surface area contributed by atoms with Gasteiger partial charge in [-0.2, -0.15) is 0 Å². The fourth-order valence-electron chi connectivity index (χ4n) is 1.86. The predicted molar refractivity (Wildman–Crippen MR) is 59.3 cm³/mol. The van der Waals surface area contributed by atoms with Crippen molar-refractivity contribution >= 4 is 17.0 Å². The number of nitrogens with zero attached hydrogens (tertiary/aromatic N) is 2. The largest absolute Gasteiger partial charge is 0.481 e. The molecular weight excluding hydrogens is 206 g/mol. The van der Waals surface area contributed by atoms with Crippen LogP contribution in [0.3, 0.4) is 0 Å². The standard InChI is InChI=1S/C11H13N3O2/c1-3-8-10-7(4-9(15)16)5-12-11(10)14-6(2)13-8/h5H,3-4H2,1-2H3,(H,15,16)(H,12,13,14). The first kappa shape index (κ1) is 10.6. The average Bonchev–Trinajstić information content (AvgIpc) is 2.59. The van der Waals surface area contributed by atoms with Gasteiger partial charge in [-0.15, -0.1) is 0 Å². The van der Waals surface area contributed by atoms with E-state index in [-0.39, 0.29) is 6.42 Å². The molecule has 0 aliphatic rings. The quantitative estimate of drug-likeness (QED) is 0.819. The molecule has 0 atom stereocenters. The van der Waals surface area contributed by atoms with Crippen LogP contribution in [0.1, 0.15) is 24.0 Å². The minimum absolute atomic E-state index is 0.000574. The van der Waals surface area contributed by atoms with Crippen molar-refractivity contribution in [3.8, 4) is 0 Å². The maximum atomic E-state index is 10.7. The van der Waals surface area contributed by atoms with Crippen LogP contribution in [0.5, 0.6) is 0 Å². The van der Waals surface area contributed by atoms with Crippen molar-refractivity contribution in [3.05, 3.63) is 23.3 Å². The van der Waals surface area contributed by atoms with Crippen LogP contribution >= 0.6 is 0 Å². The molecular formula is C11H13N3O2. The number of aromatic amines is 1. The molecule has 2 rings (SSSR count). The van der Waals surface area contributed by atoms with E-state index in [9.17, 15) is 4.79 Å². The molecule has 0 unspecified atom stereocenters. The van der Waals surface area contributed by atoms with Gasteiger partial charge in [-0.3, -0.25) is 4.79 Å². The lowest BCUT2D eigenvalue weighted by molar-refractivity contribution is -0.136. The Morgan fingerprint density at radius 3 is 2.88 bits per heavy atom. The summed E-state index contributed by atoms with van der Waals surface area (Å²) in [7, 11) is 0. The third kappa shape index (κ3) is 1.76. The van der Waals surface area contributed by atoms with Crippen molar-refractivity contribution in [2.24, 2.45) is 0 Å². The smallest absolute Gasteiger partial charge is 0.307 e. The molecule has 5 heteroatoms. The number of nitrogens with one attached hydrogen (secondary N) is 1. The highest BCUT2D eigenvalue weighted by Gasteiger charge is 2.13. The van der Waals surface area contributed by atoms with E-state index in [1.54, 1.807) is 6.20 Å². The third-order valence-corrected chi connectivity index (χ3v) is 2.48. The predicted octanol–water partition coefficient (Wildman–Crippen LogP) is 1.46. The average molecular weight is 219 g/mol. The summed E-state index contributed by atoms with van der Waals surface area (Å²) in [5.74, 6) is -0.142. The monoisotopic (exact) mass is 219 g/mol. The van der Waals surface area contributed by atoms with Crippen molar-refractivity contribution < 1.29 is 9.90 Å². The maximum Gasteiger partial charge on any atom is 0.307 e. The second-order valence-electron chi connectivity index (χ2n) is 3.68. The second kappa shape index (κ2) is 3.92. The van der Waals surface area contributed by atoms with Gasteiger partial charge in [-0.1, -0.05) is 6.92 Å². The first-order chi connectivity index (χ1) is 7.61. The van der Waals surface area contributed by atoms with E-state index in [4.69, 9.17) is 5.11 Å². The number of carbonyl (C=O) groups is 1. The Balaban J connectivity index is 2.64. The van der Waals surface area contributed by atoms with Crippen LogP contribution < -0.4 is 0 Å². The van der Waals surface area contributed by atoms with E-state index in [1.807, 2.05) is 13.8 Å². The van der Waals surface area contributed by atoms with E-state index >= 15 is 0 Å². The number of fused-ring (bicyclic) bond motifs is 1. The van der Waals surface area contributed by atoms with Crippen molar-refractivity contribution in [2.75, 3.05) is 0 Å².